The minimum absolute atomic E-state index is 0.0947. The van der Waals surface area contributed by atoms with Gasteiger partial charge >= 0.3 is 0 Å². The lowest BCUT2D eigenvalue weighted by atomic mass is 10.2. The summed E-state index contributed by atoms with van der Waals surface area (Å²) in [5.41, 5.74) is 1.40. The summed E-state index contributed by atoms with van der Waals surface area (Å²) < 4.78 is 6.68. The molecule has 1 aromatic carbocycles. The molecule has 0 saturated heterocycles. The van der Waals surface area contributed by atoms with E-state index in [0.717, 1.165) is 11.3 Å². The van der Waals surface area contributed by atoms with Crippen LogP contribution in [-0.2, 0) is 13.0 Å². The number of ether oxygens (including phenoxy) is 1. The molecule has 0 N–H and O–H groups in total. The fourth-order valence-electron chi connectivity index (χ4n) is 1.83. The van der Waals surface area contributed by atoms with Gasteiger partial charge in [0.1, 0.15) is 16.6 Å². The number of nitrogens with zero attached hydrogens (tertiary/aromatic N) is 2. The second-order valence-electron chi connectivity index (χ2n) is 4.15. The molecule has 0 bridgehead atoms. The van der Waals surface area contributed by atoms with Crippen molar-refractivity contribution in [3.8, 4) is 5.75 Å². The first-order valence-electron chi connectivity index (χ1n) is 6.02. The molecule has 4 nitrogen and oxygen atoms in total. The Morgan fingerprint density at radius 3 is 2.58 bits per heavy atom. The van der Waals surface area contributed by atoms with Gasteiger partial charge in [0, 0.05) is 6.20 Å². The number of hydrogen-bond acceptors (Lipinski definition) is 3. The SMILES string of the molecule is CCc1nc(Cl)cn(Cc2ccc(OC)cc2)c1=O. The zero-order valence-corrected chi connectivity index (χ0v) is 11.6. The smallest absolute Gasteiger partial charge is 0.272 e. The van der Waals surface area contributed by atoms with Crippen molar-refractivity contribution in [2.75, 3.05) is 7.11 Å². The highest BCUT2D eigenvalue weighted by Gasteiger charge is 2.06. The van der Waals surface area contributed by atoms with Crippen molar-refractivity contribution in [2.24, 2.45) is 0 Å². The van der Waals surface area contributed by atoms with E-state index in [1.807, 2.05) is 31.2 Å². The van der Waals surface area contributed by atoms with E-state index in [1.165, 1.54) is 0 Å². The lowest BCUT2D eigenvalue weighted by Gasteiger charge is -2.08. The molecule has 2 rings (SSSR count). The molecule has 0 radical (unpaired) electrons. The molecule has 0 saturated carbocycles. The third kappa shape index (κ3) is 3.15. The Balaban J connectivity index is 2.32. The lowest BCUT2D eigenvalue weighted by molar-refractivity contribution is 0.414. The van der Waals surface area contributed by atoms with Crippen LogP contribution < -0.4 is 10.3 Å². The first-order chi connectivity index (χ1) is 9.13. The Hall–Kier alpha value is -1.81. The van der Waals surface area contributed by atoms with Gasteiger partial charge in [-0.25, -0.2) is 4.98 Å². The first kappa shape index (κ1) is 13.6. The van der Waals surface area contributed by atoms with Crippen LogP contribution in [0.4, 0.5) is 0 Å². The van der Waals surface area contributed by atoms with Gasteiger partial charge in [0.2, 0.25) is 0 Å². The van der Waals surface area contributed by atoms with Crippen LogP contribution in [0.3, 0.4) is 0 Å². The molecule has 5 heteroatoms. The number of benzene rings is 1. The van der Waals surface area contributed by atoms with E-state index in [9.17, 15) is 4.79 Å². The van der Waals surface area contributed by atoms with Gasteiger partial charge in [0.25, 0.3) is 5.56 Å². The summed E-state index contributed by atoms with van der Waals surface area (Å²) in [5.74, 6) is 0.790. The number of aryl methyl sites for hydroxylation is 1. The fourth-order valence-corrected chi connectivity index (χ4v) is 2.05. The molecular formula is C14H15ClN2O2. The van der Waals surface area contributed by atoms with Crippen LogP contribution in [0.2, 0.25) is 5.15 Å². The second kappa shape index (κ2) is 5.89. The topological polar surface area (TPSA) is 44.1 Å². The number of rotatable bonds is 4. The van der Waals surface area contributed by atoms with Gasteiger partial charge < -0.3 is 9.30 Å². The van der Waals surface area contributed by atoms with Crippen LogP contribution in [0, 0.1) is 0 Å². The fraction of sp³-hybridized carbons (Fsp3) is 0.286. The number of methoxy groups -OCH3 is 1. The van der Waals surface area contributed by atoms with Crippen molar-refractivity contribution in [1.29, 1.82) is 0 Å². The molecule has 0 aliphatic carbocycles. The summed E-state index contributed by atoms with van der Waals surface area (Å²) in [4.78, 5) is 16.1. The molecule has 0 atom stereocenters. The van der Waals surface area contributed by atoms with Crippen LogP contribution in [0.15, 0.2) is 35.3 Å². The molecule has 0 fully saturated rings. The Morgan fingerprint density at radius 2 is 2.00 bits per heavy atom. The third-order valence-corrected chi connectivity index (χ3v) is 3.04. The summed E-state index contributed by atoms with van der Waals surface area (Å²) in [6.45, 7) is 2.36. The molecular weight excluding hydrogens is 264 g/mol. The largest absolute Gasteiger partial charge is 0.497 e. The maximum Gasteiger partial charge on any atom is 0.272 e. The van der Waals surface area contributed by atoms with E-state index in [1.54, 1.807) is 17.9 Å². The van der Waals surface area contributed by atoms with E-state index in [-0.39, 0.29) is 5.56 Å². The Bertz CT molecular complexity index is 620. The summed E-state index contributed by atoms with van der Waals surface area (Å²) in [7, 11) is 1.62. The van der Waals surface area contributed by atoms with Crippen LogP contribution >= 0.6 is 11.6 Å². The average molecular weight is 279 g/mol. The lowest BCUT2D eigenvalue weighted by Crippen LogP contribution is -2.25. The molecule has 19 heavy (non-hydrogen) atoms. The van der Waals surface area contributed by atoms with E-state index in [4.69, 9.17) is 16.3 Å². The van der Waals surface area contributed by atoms with Crippen molar-refractivity contribution in [3.05, 3.63) is 57.2 Å². The molecule has 1 heterocycles. The third-order valence-electron chi connectivity index (χ3n) is 2.86. The Labute approximate surface area is 116 Å². The normalized spacial score (nSPS) is 10.5. The van der Waals surface area contributed by atoms with Crippen LogP contribution in [-0.4, -0.2) is 16.7 Å². The van der Waals surface area contributed by atoms with Crippen LogP contribution in [0.5, 0.6) is 5.75 Å². The van der Waals surface area contributed by atoms with Gasteiger partial charge in [-0.15, -0.1) is 0 Å². The highest BCUT2D eigenvalue weighted by atomic mass is 35.5. The Morgan fingerprint density at radius 1 is 1.32 bits per heavy atom. The summed E-state index contributed by atoms with van der Waals surface area (Å²) in [5, 5.41) is 0.338. The predicted octanol–water partition coefficient (Wildman–Crippen LogP) is 2.52. The van der Waals surface area contributed by atoms with Gasteiger partial charge in [-0.3, -0.25) is 4.79 Å². The zero-order valence-electron chi connectivity index (χ0n) is 10.9. The molecule has 100 valence electrons. The van der Waals surface area contributed by atoms with Crippen molar-refractivity contribution >= 4 is 11.6 Å². The molecule has 0 aliphatic heterocycles. The highest BCUT2D eigenvalue weighted by Crippen LogP contribution is 2.12. The molecule has 0 unspecified atom stereocenters. The number of halogens is 1. The van der Waals surface area contributed by atoms with Crippen molar-refractivity contribution in [1.82, 2.24) is 9.55 Å². The monoisotopic (exact) mass is 278 g/mol. The van der Waals surface area contributed by atoms with Crippen molar-refractivity contribution < 1.29 is 4.74 Å². The molecule has 0 aliphatic rings. The number of hydrogen-bond donors (Lipinski definition) is 0. The standard InChI is InChI=1S/C14H15ClN2O2/c1-3-12-14(18)17(9-13(15)16-12)8-10-4-6-11(19-2)7-5-10/h4-7,9H,3,8H2,1-2H3. The first-order valence-corrected chi connectivity index (χ1v) is 6.40. The minimum atomic E-state index is -0.0947. The van der Waals surface area contributed by atoms with Gasteiger partial charge in [0.05, 0.1) is 13.7 Å². The predicted molar refractivity (Wildman–Crippen MR) is 75.0 cm³/mol. The van der Waals surface area contributed by atoms with Gasteiger partial charge in [-0.1, -0.05) is 30.7 Å². The quantitative estimate of drug-likeness (QED) is 0.863. The maximum absolute atomic E-state index is 12.1. The summed E-state index contributed by atoms with van der Waals surface area (Å²) in [6, 6.07) is 7.57. The average Bonchev–Trinajstić information content (AvgIpc) is 2.43. The van der Waals surface area contributed by atoms with Crippen molar-refractivity contribution in [3.63, 3.8) is 0 Å². The molecule has 2 aromatic rings. The van der Waals surface area contributed by atoms with Gasteiger partial charge in [0.15, 0.2) is 0 Å². The van der Waals surface area contributed by atoms with Crippen LogP contribution in [0.25, 0.3) is 0 Å². The van der Waals surface area contributed by atoms with Gasteiger partial charge in [-0.2, -0.15) is 0 Å². The zero-order chi connectivity index (χ0) is 13.8. The maximum atomic E-state index is 12.1. The molecule has 0 amide bonds. The molecule has 0 spiro atoms. The van der Waals surface area contributed by atoms with Gasteiger partial charge in [-0.05, 0) is 24.1 Å². The second-order valence-corrected chi connectivity index (χ2v) is 4.53. The van der Waals surface area contributed by atoms with E-state index in [2.05, 4.69) is 4.98 Å². The summed E-state index contributed by atoms with van der Waals surface area (Å²) in [6.07, 6.45) is 2.13. The summed E-state index contributed by atoms with van der Waals surface area (Å²) >= 11 is 5.92. The molecule has 1 aromatic heterocycles. The minimum Gasteiger partial charge on any atom is -0.497 e. The van der Waals surface area contributed by atoms with Crippen molar-refractivity contribution in [2.45, 2.75) is 19.9 Å². The Kier molecular flexibility index (Phi) is 4.22. The van der Waals surface area contributed by atoms with Crippen LogP contribution in [0.1, 0.15) is 18.2 Å². The number of aromatic nitrogens is 2. The van der Waals surface area contributed by atoms with E-state index < -0.39 is 0 Å². The highest BCUT2D eigenvalue weighted by molar-refractivity contribution is 6.29. The van der Waals surface area contributed by atoms with E-state index in [0.29, 0.717) is 23.8 Å². The van der Waals surface area contributed by atoms with E-state index >= 15 is 0 Å².